The maximum absolute atomic E-state index is 13.5. The predicted octanol–water partition coefficient (Wildman–Crippen LogP) is 17.9. The van der Waals surface area contributed by atoms with Crippen LogP contribution in [0.2, 0.25) is 0 Å². The number of phosphoric acid groups is 1. The van der Waals surface area contributed by atoms with Crippen molar-refractivity contribution < 1.29 is 37.3 Å². The van der Waals surface area contributed by atoms with Crippen LogP contribution in [-0.2, 0) is 27.9 Å². The number of amides is 1. The number of allylic oxidation sites excluding steroid dienone is 17. The predicted molar refractivity (Wildman–Crippen MR) is 320 cm³/mol. The molecule has 0 aliphatic rings. The molecule has 1 amide bonds. The Morgan fingerprint density at radius 1 is 0.467 bits per heavy atom. The number of carbonyl (C=O) groups excluding carboxylic acids is 2. The second-order valence-corrected chi connectivity index (χ2v) is 22.6. The van der Waals surface area contributed by atoms with E-state index < -0.39 is 26.6 Å². The van der Waals surface area contributed by atoms with E-state index in [4.69, 9.17) is 13.8 Å². The summed E-state index contributed by atoms with van der Waals surface area (Å²) in [5, 5.41) is 2.99. The normalized spacial score (nSPS) is 14.5. The Morgan fingerprint density at radius 2 is 0.813 bits per heavy atom. The lowest BCUT2D eigenvalue weighted by Gasteiger charge is -2.30. The van der Waals surface area contributed by atoms with Gasteiger partial charge in [-0.1, -0.05) is 214 Å². The molecule has 0 heterocycles. The summed E-state index contributed by atoms with van der Waals surface area (Å²) < 4.78 is 30.2. The van der Waals surface area contributed by atoms with Crippen LogP contribution in [0.4, 0.5) is 0 Å². The van der Waals surface area contributed by atoms with Crippen LogP contribution in [-0.4, -0.2) is 69.4 Å². The summed E-state index contributed by atoms with van der Waals surface area (Å²) in [4.78, 5) is 39.9. The second kappa shape index (κ2) is 54.0. The molecule has 3 unspecified atom stereocenters. The first-order chi connectivity index (χ1) is 36.4. The Labute approximate surface area is 461 Å². The lowest BCUT2D eigenvalue weighted by Crippen LogP contribution is -2.47. The molecule has 10 heteroatoms. The highest BCUT2D eigenvalue weighted by atomic mass is 31.2. The molecular formula is C65H113N2O7P. The van der Waals surface area contributed by atoms with Crippen LogP contribution in [0, 0.1) is 0 Å². The Kier molecular flexibility index (Phi) is 51.6. The molecule has 0 aromatic heterocycles. The summed E-state index contributed by atoms with van der Waals surface area (Å²) in [7, 11) is 1.13. The van der Waals surface area contributed by atoms with Crippen molar-refractivity contribution in [2.75, 3.05) is 40.9 Å². The first-order valence-corrected chi connectivity index (χ1v) is 31.7. The molecule has 75 heavy (non-hydrogen) atoms. The van der Waals surface area contributed by atoms with Crippen LogP contribution >= 0.6 is 7.82 Å². The van der Waals surface area contributed by atoms with E-state index in [9.17, 15) is 19.0 Å². The fourth-order valence-electron chi connectivity index (χ4n) is 7.96. The molecule has 0 saturated carbocycles. The summed E-state index contributed by atoms with van der Waals surface area (Å²) >= 11 is 0. The van der Waals surface area contributed by atoms with Crippen LogP contribution < -0.4 is 10.2 Å². The number of nitrogens with one attached hydrogen (secondary N) is 1. The minimum absolute atomic E-state index is 0.0398. The number of carbonyl (C=O) groups is 2. The zero-order chi connectivity index (χ0) is 55.0. The quantitative estimate of drug-likeness (QED) is 0.0212. The molecular weight excluding hydrogens is 952 g/mol. The third-order valence-electron chi connectivity index (χ3n) is 12.7. The fraction of sp³-hybridized carbons (Fsp3) is 0.692. The summed E-state index contributed by atoms with van der Waals surface area (Å²) in [6.07, 6.45) is 73.4. The van der Waals surface area contributed by atoms with Gasteiger partial charge in [-0.3, -0.25) is 14.2 Å². The molecule has 0 bridgehead atoms. The van der Waals surface area contributed by atoms with Gasteiger partial charge in [0.1, 0.15) is 19.3 Å². The van der Waals surface area contributed by atoms with E-state index >= 15 is 0 Å². The standard InChI is InChI=1S/C65H113N2O7P/c1-7-10-13-16-19-22-25-27-29-31-33-35-37-39-42-45-48-51-54-57-64(68)66-62(61-73-75(70,71)72-60-59-67(4,5)6)63(56-53-50-47-44-41-24-21-18-15-12-9-3)74-65(69)58-55-52-49-46-43-40-38-36-34-32-30-28-26-23-20-17-14-11-8-2/h19-20,22-23,27-30,33-36,39-40,42-43,53,56,62-63H,7-18,21,24-26,31-32,37-38,41,44-52,54-55,57-61H2,1-6H3,(H-,66,68,70,71)/b22-19-,23-20-,29-27-,30-28-,35-33-,36-34-,42-39-,43-40-,56-53+. The number of esters is 1. The van der Waals surface area contributed by atoms with Gasteiger partial charge in [0.15, 0.2) is 0 Å². The molecule has 1 N–H and O–H groups in total. The van der Waals surface area contributed by atoms with Gasteiger partial charge in [0.05, 0.1) is 33.8 Å². The van der Waals surface area contributed by atoms with E-state index in [1.54, 1.807) is 6.08 Å². The summed E-state index contributed by atoms with van der Waals surface area (Å²) in [5.74, 6) is -0.621. The molecule has 3 atom stereocenters. The van der Waals surface area contributed by atoms with E-state index in [2.05, 4.69) is 123 Å². The number of hydrogen-bond acceptors (Lipinski definition) is 7. The highest BCUT2D eigenvalue weighted by Crippen LogP contribution is 2.38. The number of phosphoric ester groups is 1. The fourth-order valence-corrected chi connectivity index (χ4v) is 8.68. The zero-order valence-corrected chi connectivity index (χ0v) is 49.9. The Hall–Kier alpha value is -3.33. The molecule has 0 aliphatic carbocycles. The highest BCUT2D eigenvalue weighted by molar-refractivity contribution is 7.45. The van der Waals surface area contributed by atoms with Crippen LogP contribution in [0.25, 0.3) is 0 Å². The molecule has 9 nitrogen and oxygen atoms in total. The number of hydrogen-bond donors (Lipinski definition) is 1. The maximum Gasteiger partial charge on any atom is 0.306 e. The SMILES string of the molecule is CCCCC/C=C\C/C=C\C/C=C\C/C=C\CCCCCC(=O)NC(COP(=O)([O-])OCC[N+](C)(C)C)C(/C=C/CCCCCCCCCCC)OC(=O)CCCCC/C=C\C/C=C\C/C=C\C/C=C\CCCCC. The molecule has 0 aromatic carbocycles. The molecule has 0 fully saturated rings. The summed E-state index contributed by atoms with van der Waals surface area (Å²) in [5.41, 5.74) is 0. The summed E-state index contributed by atoms with van der Waals surface area (Å²) in [6, 6.07) is -0.925. The van der Waals surface area contributed by atoms with Gasteiger partial charge in [0.25, 0.3) is 7.82 Å². The Morgan fingerprint density at radius 3 is 1.24 bits per heavy atom. The molecule has 430 valence electrons. The van der Waals surface area contributed by atoms with Gasteiger partial charge in [-0.15, -0.1) is 0 Å². The van der Waals surface area contributed by atoms with Crippen LogP contribution in [0.1, 0.15) is 239 Å². The monoisotopic (exact) mass is 1060 g/mol. The molecule has 0 saturated heterocycles. The average Bonchev–Trinajstić information content (AvgIpc) is 3.37. The number of nitrogens with zero attached hydrogens (tertiary/aromatic N) is 1. The number of rotatable bonds is 53. The van der Waals surface area contributed by atoms with E-state index in [0.717, 1.165) is 96.3 Å². The van der Waals surface area contributed by atoms with Crippen LogP contribution in [0.3, 0.4) is 0 Å². The van der Waals surface area contributed by atoms with Crippen LogP contribution in [0.15, 0.2) is 109 Å². The van der Waals surface area contributed by atoms with Gasteiger partial charge in [-0.25, -0.2) is 0 Å². The van der Waals surface area contributed by atoms with E-state index in [-0.39, 0.29) is 31.3 Å². The van der Waals surface area contributed by atoms with Crippen molar-refractivity contribution in [2.24, 2.45) is 0 Å². The first-order valence-electron chi connectivity index (χ1n) is 30.2. The number of likely N-dealkylation sites (N-methyl/N-ethyl adjacent to an activating group) is 1. The van der Waals surface area contributed by atoms with E-state index in [1.165, 1.54) is 96.3 Å². The van der Waals surface area contributed by atoms with E-state index in [1.807, 2.05) is 27.2 Å². The molecule has 0 aromatic rings. The number of ether oxygens (including phenoxy) is 1. The lowest BCUT2D eigenvalue weighted by molar-refractivity contribution is -0.870. The van der Waals surface area contributed by atoms with Gasteiger partial charge in [0, 0.05) is 12.8 Å². The Bertz CT molecular complexity index is 1650. The summed E-state index contributed by atoms with van der Waals surface area (Å²) in [6.45, 7) is 6.71. The molecule has 0 radical (unpaired) electrons. The van der Waals surface area contributed by atoms with Crippen molar-refractivity contribution in [3.8, 4) is 0 Å². The largest absolute Gasteiger partial charge is 0.756 e. The maximum atomic E-state index is 13.5. The van der Waals surface area contributed by atoms with Crippen molar-refractivity contribution in [3.05, 3.63) is 109 Å². The van der Waals surface area contributed by atoms with Gasteiger partial charge >= 0.3 is 5.97 Å². The first kappa shape index (κ1) is 71.7. The average molecular weight is 1070 g/mol. The molecule has 0 aliphatic heterocycles. The zero-order valence-electron chi connectivity index (χ0n) is 49.0. The minimum Gasteiger partial charge on any atom is -0.756 e. The number of unbranched alkanes of at least 4 members (excludes halogenated alkanes) is 21. The van der Waals surface area contributed by atoms with Gasteiger partial charge < -0.3 is 28.5 Å². The second-order valence-electron chi connectivity index (χ2n) is 21.1. The highest BCUT2D eigenvalue weighted by Gasteiger charge is 2.27. The van der Waals surface area contributed by atoms with Crippen molar-refractivity contribution in [1.82, 2.24) is 5.32 Å². The van der Waals surface area contributed by atoms with Gasteiger partial charge in [-0.2, -0.15) is 0 Å². The third kappa shape index (κ3) is 55.2. The molecule has 0 rings (SSSR count). The van der Waals surface area contributed by atoms with Crippen molar-refractivity contribution in [3.63, 3.8) is 0 Å². The Balaban J connectivity index is 5.40. The lowest BCUT2D eigenvalue weighted by atomic mass is 10.1. The van der Waals surface area contributed by atoms with Crippen molar-refractivity contribution >= 4 is 19.7 Å². The van der Waals surface area contributed by atoms with Gasteiger partial charge in [0.2, 0.25) is 5.91 Å². The number of quaternary nitrogens is 1. The van der Waals surface area contributed by atoms with Crippen molar-refractivity contribution in [1.29, 1.82) is 0 Å². The minimum atomic E-state index is -4.72. The van der Waals surface area contributed by atoms with Gasteiger partial charge in [-0.05, 0) is 122 Å². The smallest absolute Gasteiger partial charge is 0.306 e. The van der Waals surface area contributed by atoms with Crippen molar-refractivity contribution in [2.45, 2.75) is 251 Å². The topological polar surface area (TPSA) is 114 Å². The molecule has 0 spiro atoms. The van der Waals surface area contributed by atoms with E-state index in [0.29, 0.717) is 23.9 Å². The van der Waals surface area contributed by atoms with Crippen LogP contribution in [0.5, 0.6) is 0 Å². The third-order valence-corrected chi connectivity index (χ3v) is 13.6.